The molecule has 3 aromatic carbocycles. The quantitative estimate of drug-likeness (QED) is 0.459. The highest BCUT2D eigenvalue weighted by Crippen LogP contribution is 2.23. The van der Waals surface area contributed by atoms with E-state index in [0.29, 0.717) is 22.8 Å². The van der Waals surface area contributed by atoms with Crippen LogP contribution in [0.15, 0.2) is 71.3 Å². The number of amides is 1. The second kappa shape index (κ2) is 8.79. The van der Waals surface area contributed by atoms with Crippen molar-refractivity contribution in [3.63, 3.8) is 0 Å². The molecule has 0 aliphatic rings. The second-order valence-electron chi connectivity index (χ2n) is 7.08. The molecular weight excluding hydrogens is 397 g/mol. The van der Waals surface area contributed by atoms with Crippen molar-refractivity contribution in [1.82, 2.24) is 10.1 Å². The van der Waals surface area contributed by atoms with Gasteiger partial charge in [-0.15, -0.1) is 0 Å². The molecule has 6 nitrogen and oxygen atoms in total. The molecule has 0 spiro atoms. The van der Waals surface area contributed by atoms with Crippen molar-refractivity contribution >= 4 is 11.6 Å². The molecule has 0 saturated carbocycles. The van der Waals surface area contributed by atoms with E-state index in [1.807, 2.05) is 31.2 Å². The average Bonchev–Trinajstić information content (AvgIpc) is 3.24. The van der Waals surface area contributed by atoms with E-state index in [9.17, 15) is 9.18 Å². The first kappa shape index (κ1) is 20.3. The predicted octanol–water partition coefficient (Wildman–Crippen LogP) is 5.32. The number of para-hydroxylation sites is 1. The van der Waals surface area contributed by atoms with Crippen molar-refractivity contribution in [3.8, 4) is 17.1 Å². The van der Waals surface area contributed by atoms with Crippen LogP contribution in [0, 0.1) is 19.7 Å². The first-order chi connectivity index (χ1) is 15.0. The molecule has 31 heavy (non-hydrogen) atoms. The monoisotopic (exact) mass is 417 g/mol. The van der Waals surface area contributed by atoms with Gasteiger partial charge < -0.3 is 14.6 Å². The normalized spacial score (nSPS) is 10.7. The largest absolute Gasteiger partial charge is 0.483 e. The molecule has 1 N–H and O–H groups in total. The number of halogens is 1. The summed E-state index contributed by atoms with van der Waals surface area (Å²) in [6.45, 7) is 3.79. The average molecular weight is 417 g/mol. The fourth-order valence-electron chi connectivity index (χ4n) is 2.97. The lowest BCUT2D eigenvalue weighted by atomic mass is 10.1. The van der Waals surface area contributed by atoms with Crippen molar-refractivity contribution < 1.29 is 18.4 Å². The molecule has 0 fully saturated rings. The van der Waals surface area contributed by atoms with Crippen LogP contribution in [-0.2, 0) is 6.61 Å². The number of carbonyl (C=O) groups is 1. The minimum Gasteiger partial charge on any atom is -0.483 e. The second-order valence-corrected chi connectivity index (χ2v) is 7.08. The number of hydrogen-bond acceptors (Lipinski definition) is 5. The summed E-state index contributed by atoms with van der Waals surface area (Å²) in [7, 11) is 0. The Hall–Kier alpha value is -4.00. The highest BCUT2D eigenvalue weighted by molar-refractivity contribution is 6.06. The third-order valence-corrected chi connectivity index (χ3v) is 4.71. The summed E-state index contributed by atoms with van der Waals surface area (Å²) in [6, 6.07) is 18.8. The van der Waals surface area contributed by atoms with Crippen LogP contribution in [0.2, 0.25) is 0 Å². The summed E-state index contributed by atoms with van der Waals surface area (Å²) in [5.74, 6) is 0.267. The molecule has 1 heterocycles. The van der Waals surface area contributed by atoms with E-state index >= 15 is 0 Å². The first-order valence-corrected chi connectivity index (χ1v) is 9.68. The van der Waals surface area contributed by atoms with Crippen LogP contribution in [0.4, 0.5) is 10.1 Å². The van der Waals surface area contributed by atoms with Crippen LogP contribution in [0.5, 0.6) is 5.75 Å². The summed E-state index contributed by atoms with van der Waals surface area (Å²) in [5.41, 5.74) is 3.44. The Bertz CT molecular complexity index is 1220. The van der Waals surface area contributed by atoms with Crippen LogP contribution in [0.1, 0.15) is 27.4 Å². The first-order valence-electron chi connectivity index (χ1n) is 9.68. The Kier molecular flexibility index (Phi) is 5.75. The summed E-state index contributed by atoms with van der Waals surface area (Å²) in [5, 5.41) is 6.70. The van der Waals surface area contributed by atoms with E-state index in [-0.39, 0.29) is 12.5 Å². The van der Waals surface area contributed by atoms with Crippen LogP contribution in [0.3, 0.4) is 0 Å². The molecule has 0 aliphatic carbocycles. The molecule has 156 valence electrons. The van der Waals surface area contributed by atoms with E-state index in [2.05, 4.69) is 15.5 Å². The third kappa shape index (κ3) is 4.78. The number of anilines is 1. The zero-order valence-electron chi connectivity index (χ0n) is 17.1. The van der Waals surface area contributed by atoms with E-state index < -0.39 is 11.7 Å². The molecule has 0 radical (unpaired) electrons. The molecule has 1 amide bonds. The predicted molar refractivity (Wildman–Crippen MR) is 114 cm³/mol. The number of aromatic nitrogens is 2. The maximum atomic E-state index is 13.5. The number of aryl methyl sites for hydroxylation is 2. The molecule has 0 bridgehead atoms. The minimum absolute atomic E-state index is 0.00213. The van der Waals surface area contributed by atoms with Gasteiger partial charge in [-0.3, -0.25) is 4.79 Å². The van der Waals surface area contributed by atoms with Gasteiger partial charge >= 0.3 is 0 Å². The zero-order valence-corrected chi connectivity index (χ0v) is 17.1. The third-order valence-electron chi connectivity index (χ3n) is 4.71. The molecule has 0 aliphatic heterocycles. The Balaban J connectivity index is 1.47. The van der Waals surface area contributed by atoms with Gasteiger partial charge in [0.2, 0.25) is 5.82 Å². The van der Waals surface area contributed by atoms with Crippen molar-refractivity contribution in [3.05, 3.63) is 95.1 Å². The topological polar surface area (TPSA) is 77.2 Å². The minimum atomic E-state index is -0.425. The van der Waals surface area contributed by atoms with Gasteiger partial charge in [-0.2, -0.15) is 4.98 Å². The Morgan fingerprint density at radius 2 is 1.84 bits per heavy atom. The number of nitrogens with zero attached hydrogens (tertiary/aromatic N) is 2. The lowest BCUT2D eigenvalue weighted by Gasteiger charge is -2.12. The lowest BCUT2D eigenvalue weighted by molar-refractivity contribution is 0.102. The fraction of sp³-hybridized carbons (Fsp3) is 0.125. The van der Waals surface area contributed by atoms with Crippen LogP contribution in [0.25, 0.3) is 11.4 Å². The van der Waals surface area contributed by atoms with Gasteiger partial charge in [-0.25, -0.2) is 4.39 Å². The summed E-state index contributed by atoms with van der Waals surface area (Å²) in [4.78, 5) is 17.1. The number of carbonyl (C=O) groups excluding carboxylic acids is 1. The Morgan fingerprint density at radius 1 is 1.06 bits per heavy atom. The van der Waals surface area contributed by atoms with E-state index in [4.69, 9.17) is 9.26 Å². The summed E-state index contributed by atoms with van der Waals surface area (Å²) in [6.07, 6.45) is 0. The number of nitrogens with one attached hydrogen (secondary N) is 1. The van der Waals surface area contributed by atoms with Crippen molar-refractivity contribution in [2.24, 2.45) is 0 Å². The highest BCUT2D eigenvalue weighted by atomic mass is 19.1. The number of hydrogen-bond donors (Lipinski definition) is 1. The van der Waals surface area contributed by atoms with Gasteiger partial charge in [0.25, 0.3) is 11.8 Å². The van der Waals surface area contributed by atoms with E-state index in [0.717, 1.165) is 16.7 Å². The van der Waals surface area contributed by atoms with Gasteiger partial charge in [0, 0.05) is 11.3 Å². The SMILES string of the molecule is Cc1ccc(-c2noc(COc3ccccc3C(=O)Nc3cc(F)ccc3C)n2)cc1. The molecule has 7 heteroatoms. The van der Waals surface area contributed by atoms with Gasteiger partial charge in [0.1, 0.15) is 11.6 Å². The smallest absolute Gasteiger partial charge is 0.264 e. The van der Waals surface area contributed by atoms with E-state index in [1.165, 1.54) is 12.1 Å². The molecule has 0 unspecified atom stereocenters. The Labute approximate surface area is 178 Å². The van der Waals surface area contributed by atoms with Crippen LogP contribution in [-0.4, -0.2) is 16.0 Å². The molecular formula is C24H20FN3O3. The maximum absolute atomic E-state index is 13.5. The van der Waals surface area contributed by atoms with Gasteiger partial charge in [0.15, 0.2) is 6.61 Å². The Morgan fingerprint density at radius 3 is 2.65 bits per heavy atom. The van der Waals surface area contributed by atoms with Crippen molar-refractivity contribution in [1.29, 1.82) is 0 Å². The fourth-order valence-corrected chi connectivity index (χ4v) is 2.97. The van der Waals surface area contributed by atoms with Gasteiger partial charge in [-0.05, 0) is 43.7 Å². The standard InChI is InChI=1S/C24H20FN3O3/c1-15-7-10-17(11-8-15)23-27-22(31-28-23)14-30-21-6-4-3-5-19(21)24(29)26-20-13-18(25)12-9-16(20)2/h3-13H,14H2,1-2H3,(H,26,29). The van der Waals surface area contributed by atoms with E-state index in [1.54, 1.807) is 37.3 Å². The number of benzene rings is 3. The van der Waals surface area contributed by atoms with Gasteiger partial charge in [-0.1, -0.05) is 53.2 Å². The van der Waals surface area contributed by atoms with Crippen LogP contribution < -0.4 is 10.1 Å². The van der Waals surface area contributed by atoms with Crippen molar-refractivity contribution in [2.75, 3.05) is 5.32 Å². The zero-order chi connectivity index (χ0) is 21.8. The van der Waals surface area contributed by atoms with Crippen molar-refractivity contribution in [2.45, 2.75) is 20.5 Å². The van der Waals surface area contributed by atoms with Gasteiger partial charge in [0.05, 0.1) is 5.56 Å². The molecule has 0 saturated heterocycles. The molecule has 4 aromatic rings. The molecule has 1 aromatic heterocycles. The number of rotatable bonds is 6. The summed E-state index contributed by atoms with van der Waals surface area (Å²) < 4.78 is 24.6. The number of ether oxygens (including phenoxy) is 1. The van der Waals surface area contributed by atoms with Crippen LogP contribution >= 0.6 is 0 Å². The summed E-state index contributed by atoms with van der Waals surface area (Å²) >= 11 is 0. The highest BCUT2D eigenvalue weighted by Gasteiger charge is 2.15. The maximum Gasteiger partial charge on any atom is 0.264 e. The molecule has 4 rings (SSSR count). The lowest BCUT2D eigenvalue weighted by Crippen LogP contribution is -2.14. The molecule has 0 atom stereocenters.